The lowest BCUT2D eigenvalue weighted by molar-refractivity contribution is -0.144. The Kier molecular flexibility index (Phi) is 8.87. The zero-order valence-electron chi connectivity index (χ0n) is 19.1. The summed E-state index contributed by atoms with van der Waals surface area (Å²) in [4.78, 5) is 24.8. The van der Waals surface area contributed by atoms with Gasteiger partial charge in [0.2, 0.25) is 15.7 Å². The van der Waals surface area contributed by atoms with Gasteiger partial charge in [-0.05, 0) is 49.1 Å². The van der Waals surface area contributed by atoms with Crippen molar-refractivity contribution in [1.82, 2.24) is 4.90 Å². The number of thioether (sulfide) groups is 1. The Hall–Kier alpha value is -2.53. The van der Waals surface area contributed by atoms with E-state index >= 15 is 0 Å². The number of carbonyl (C=O) groups excluding carboxylic acids is 2. The first kappa shape index (κ1) is 27.1. The summed E-state index contributed by atoms with van der Waals surface area (Å²) in [7, 11) is -2.70. The van der Waals surface area contributed by atoms with Gasteiger partial charge in [0.25, 0.3) is 0 Å². The second-order valence-corrected chi connectivity index (χ2v) is 11.2. The normalized spacial score (nSPS) is 15.1. The van der Waals surface area contributed by atoms with E-state index in [2.05, 4.69) is 4.74 Å². The molecule has 1 aliphatic rings. The number of likely N-dealkylation sites (tertiary alicyclic amines) is 1. The second-order valence-electron chi connectivity index (χ2n) is 8.18. The summed E-state index contributed by atoms with van der Waals surface area (Å²) in [6.07, 6.45) is -3.33. The third-order valence-corrected chi connectivity index (χ3v) is 8.89. The molecule has 0 N–H and O–H groups in total. The topological polar surface area (TPSA) is 80.8 Å². The van der Waals surface area contributed by atoms with Gasteiger partial charge in [-0.2, -0.15) is 13.2 Å². The summed E-state index contributed by atoms with van der Waals surface area (Å²) in [5.41, 5.74) is -0.870. The fraction of sp³-hybridized carbons (Fsp3) is 0.417. The molecule has 0 atom stereocenters. The van der Waals surface area contributed by atoms with Gasteiger partial charge in [0, 0.05) is 30.2 Å². The molecule has 2 aromatic carbocycles. The van der Waals surface area contributed by atoms with E-state index in [-0.39, 0.29) is 39.4 Å². The number of amides is 1. The lowest BCUT2D eigenvalue weighted by Gasteiger charge is -2.32. The Morgan fingerprint density at radius 3 is 2.29 bits per heavy atom. The zero-order valence-corrected chi connectivity index (χ0v) is 20.7. The Morgan fingerprint density at radius 1 is 1.03 bits per heavy atom. The highest BCUT2D eigenvalue weighted by molar-refractivity contribution is 7.99. The summed E-state index contributed by atoms with van der Waals surface area (Å²) in [6, 6.07) is 10.5. The Balaban J connectivity index is 1.68. The molecular weight excluding hydrogens is 503 g/mol. The number of hydrogen-bond donors (Lipinski definition) is 0. The molecule has 190 valence electrons. The van der Waals surface area contributed by atoms with Crippen LogP contribution in [0.25, 0.3) is 0 Å². The average Bonchev–Trinajstić information content (AvgIpc) is 2.85. The third kappa shape index (κ3) is 7.00. The van der Waals surface area contributed by atoms with Crippen molar-refractivity contribution in [3.63, 3.8) is 0 Å². The Labute approximate surface area is 206 Å². The van der Waals surface area contributed by atoms with Gasteiger partial charge in [-0.15, -0.1) is 11.8 Å². The van der Waals surface area contributed by atoms with Crippen LogP contribution in [0.1, 0.15) is 31.2 Å². The summed E-state index contributed by atoms with van der Waals surface area (Å²) < 4.78 is 71.2. The molecular formula is C24H26F3NO5S2. The molecule has 0 aliphatic carbocycles. The minimum atomic E-state index is -4.62. The highest BCUT2D eigenvalue weighted by Gasteiger charge is 2.35. The van der Waals surface area contributed by atoms with Crippen LogP contribution in [0.5, 0.6) is 0 Å². The smallest absolute Gasteiger partial charge is 0.417 e. The summed E-state index contributed by atoms with van der Waals surface area (Å²) in [5, 5.41) is 0. The number of benzene rings is 2. The maximum Gasteiger partial charge on any atom is 0.417 e. The van der Waals surface area contributed by atoms with Crippen LogP contribution in [0.2, 0.25) is 0 Å². The predicted molar refractivity (Wildman–Crippen MR) is 125 cm³/mol. The zero-order chi connectivity index (χ0) is 25.6. The van der Waals surface area contributed by atoms with E-state index in [1.807, 2.05) is 0 Å². The number of nitrogens with zero attached hydrogens (tertiary/aromatic N) is 1. The van der Waals surface area contributed by atoms with Crippen LogP contribution in [-0.4, -0.2) is 51.1 Å². The van der Waals surface area contributed by atoms with Gasteiger partial charge < -0.3 is 9.64 Å². The fourth-order valence-corrected chi connectivity index (χ4v) is 6.47. The lowest BCUT2D eigenvalue weighted by atomic mass is 9.98. The number of sulfone groups is 1. The molecule has 2 aromatic rings. The van der Waals surface area contributed by atoms with E-state index in [1.165, 1.54) is 19.2 Å². The molecule has 1 fully saturated rings. The molecule has 6 nitrogen and oxygen atoms in total. The summed E-state index contributed by atoms with van der Waals surface area (Å²) in [5.74, 6) is -0.177. The molecule has 0 aromatic heterocycles. The number of esters is 1. The van der Waals surface area contributed by atoms with Gasteiger partial charge in [0.1, 0.15) is 0 Å². The van der Waals surface area contributed by atoms with E-state index in [4.69, 9.17) is 0 Å². The maximum atomic E-state index is 13.6. The van der Waals surface area contributed by atoms with Crippen molar-refractivity contribution < 1.29 is 35.9 Å². The SMILES string of the molecule is COC(=O)CCC(=O)N1CCC(CSc2cc(S(=O)(=O)c3ccccc3)ccc2C(F)(F)F)CC1. The van der Waals surface area contributed by atoms with Crippen LogP contribution in [0.15, 0.2) is 63.2 Å². The van der Waals surface area contributed by atoms with Crippen molar-refractivity contribution in [1.29, 1.82) is 0 Å². The first-order valence-corrected chi connectivity index (χ1v) is 13.5. The molecule has 0 saturated carbocycles. The van der Waals surface area contributed by atoms with Gasteiger partial charge in [0.05, 0.1) is 28.9 Å². The van der Waals surface area contributed by atoms with Crippen molar-refractivity contribution in [2.45, 2.75) is 46.5 Å². The van der Waals surface area contributed by atoms with Crippen LogP contribution in [-0.2, 0) is 30.3 Å². The third-order valence-electron chi connectivity index (χ3n) is 5.83. The number of hydrogen-bond acceptors (Lipinski definition) is 6. The van der Waals surface area contributed by atoms with Crippen molar-refractivity contribution >= 4 is 33.5 Å². The van der Waals surface area contributed by atoms with Crippen LogP contribution in [0, 0.1) is 5.92 Å². The highest BCUT2D eigenvalue weighted by Crippen LogP contribution is 2.40. The molecule has 35 heavy (non-hydrogen) atoms. The predicted octanol–water partition coefficient (Wildman–Crippen LogP) is 4.82. The van der Waals surface area contributed by atoms with Gasteiger partial charge in [0.15, 0.2) is 0 Å². The summed E-state index contributed by atoms with van der Waals surface area (Å²) >= 11 is 0.984. The van der Waals surface area contributed by atoms with E-state index in [9.17, 15) is 31.2 Å². The average molecular weight is 530 g/mol. The van der Waals surface area contributed by atoms with E-state index in [1.54, 1.807) is 23.1 Å². The van der Waals surface area contributed by atoms with E-state index in [0.29, 0.717) is 31.7 Å². The standard InChI is InChI=1S/C24H26F3NO5S2/c1-33-23(30)10-9-22(29)28-13-11-17(12-14-28)16-34-21-15-19(7-8-20(21)24(25,26)27)35(31,32)18-5-3-2-4-6-18/h2-8,15,17H,9-14,16H2,1H3. The van der Waals surface area contributed by atoms with Crippen LogP contribution in [0.3, 0.4) is 0 Å². The number of carbonyl (C=O) groups is 2. The Morgan fingerprint density at radius 2 is 1.69 bits per heavy atom. The van der Waals surface area contributed by atoms with Crippen molar-refractivity contribution in [3.8, 4) is 0 Å². The number of alkyl halides is 3. The van der Waals surface area contributed by atoms with Crippen molar-refractivity contribution in [2.24, 2.45) is 5.92 Å². The lowest BCUT2D eigenvalue weighted by Crippen LogP contribution is -2.39. The molecule has 1 heterocycles. The molecule has 1 aliphatic heterocycles. The molecule has 0 bridgehead atoms. The molecule has 0 spiro atoms. The van der Waals surface area contributed by atoms with Gasteiger partial charge in [-0.1, -0.05) is 18.2 Å². The van der Waals surface area contributed by atoms with Crippen LogP contribution in [0.4, 0.5) is 13.2 Å². The molecule has 3 rings (SSSR count). The minimum Gasteiger partial charge on any atom is -0.469 e. The fourth-order valence-electron chi connectivity index (χ4n) is 3.78. The van der Waals surface area contributed by atoms with Gasteiger partial charge in [-0.25, -0.2) is 8.42 Å². The molecule has 1 amide bonds. The molecule has 11 heteroatoms. The first-order valence-electron chi connectivity index (χ1n) is 11.0. The maximum absolute atomic E-state index is 13.6. The minimum absolute atomic E-state index is 0.00750. The number of methoxy groups -OCH3 is 1. The van der Waals surface area contributed by atoms with Crippen LogP contribution >= 0.6 is 11.8 Å². The second kappa shape index (κ2) is 11.5. The monoisotopic (exact) mass is 529 g/mol. The van der Waals surface area contributed by atoms with Crippen molar-refractivity contribution in [3.05, 3.63) is 54.1 Å². The number of ether oxygens (including phenoxy) is 1. The van der Waals surface area contributed by atoms with Crippen LogP contribution < -0.4 is 0 Å². The van der Waals surface area contributed by atoms with E-state index < -0.39 is 27.5 Å². The number of piperidine rings is 1. The van der Waals surface area contributed by atoms with Gasteiger partial charge in [-0.3, -0.25) is 9.59 Å². The largest absolute Gasteiger partial charge is 0.469 e. The summed E-state index contributed by atoms with van der Waals surface area (Å²) in [6.45, 7) is 0.916. The van der Waals surface area contributed by atoms with Crippen molar-refractivity contribution in [2.75, 3.05) is 26.0 Å². The highest BCUT2D eigenvalue weighted by atomic mass is 32.2. The first-order chi connectivity index (χ1) is 16.5. The van der Waals surface area contributed by atoms with Gasteiger partial charge >= 0.3 is 12.1 Å². The number of halogens is 3. The van der Waals surface area contributed by atoms with E-state index in [0.717, 1.165) is 30.0 Å². The number of rotatable bonds is 8. The Bertz CT molecular complexity index is 1150. The quantitative estimate of drug-likeness (QED) is 0.360. The molecule has 0 radical (unpaired) electrons. The molecule has 1 saturated heterocycles. The molecule has 0 unspecified atom stereocenters.